The zero-order valence-electron chi connectivity index (χ0n) is 16.2. The maximum atomic E-state index is 14.6. The molecule has 31 heavy (non-hydrogen) atoms. The van der Waals surface area contributed by atoms with Gasteiger partial charge < -0.3 is 9.88 Å². The average molecular weight is 445 g/mol. The fraction of sp³-hybridized carbons (Fsp3) is 0.250. The zero-order valence-corrected chi connectivity index (χ0v) is 17.0. The maximum absolute atomic E-state index is 14.6. The van der Waals surface area contributed by atoms with Gasteiger partial charge in [-0.25, -0.2) is 18.4 Å². The van der Waals surface area contributed by atoms with E-state index in [1.807, 2.05) is 0 Å². The van der Waals surface area contributed by atoms with Gasteiger partial charge in [-0.1, -0.05) is 17.7 Å². The van der Waals surface area contributed by atoms with E-state index in [1.54, 1.807) is 19.1 Å². The first-order valence-corrected chi connectivity index (χ1v) is 9.84. The topological polar surface area (TPSA) is 96.2 Å². The van der Waals surface area contributed by atoms with Gasteiger partial charge in [0, 0.05) is 11.6 Å². The first kappa shape index (κ1) is 19.6. The van der Waals surface area contributed by atoms with Crippen LogP contribution in [0.2, 0.25) is 5.02 Å². The summed E-state index contributed by atoms with van der Waals surface area (Å²) in [7, 11) is 0. The fourth-order valence-corrected chi connectivity index (χ4v) is 3.85. The van der Waals surface area contributed by atoms with Crippen LogP contribution >= 0.6 is 11.6 Å². The molecule has 2 aliphatic rings. The molecule has 0 atom stereocenters. The molecule has 1 aromatic carbocycles. The molecule has 158 valence electrons. The summed E-state index contributed by atoms with van der Waals surface area (Å²) in [4.78, 5) is 36.9. The largest absolute Gasteiger partial charge is 0.330 e. The molecular formula is C20H15ClF2N6O2. The van der Waals surface area contributed by atoms with E-state index in [1.165, 1.54) is 9.58 Å². The quantitative estimate of drug-likeness (QED) is 0.655. The number of nitrogens with one attached hydrogen (secondary N) is 1. The van der Waals surface area contributed by atoms with E-state index in [9.17, 15) is 18.4 Å². The van der Waals surface area contributed by atoms with E-state index in [0.29, 0.717) is 27.7 Å². The number of rotatable bonds is 2. The molecule has 1 saturated heterocycles. The van der Waals surface area contributed by atoms with Crippen molar-refractivity contribution in [2.75, 3.05) is 13.1 Å². The van der Waals surface area contributed by atoms with Crippen LogP contribution < -0.4 is 5.56 Å². The third kappa shape index (κ3) is 3.14. The van der Waals surface area contributed by atoms with Crippen molar-refractivity contribution in [3.8, 4) is 5.69 Å². The van der Waals surface area contributed by atoms with Crippen molar-refractivity contribution in [3.05, 3.63) is 73.9 Å². The molecule has 0 radical (unpaired) electrons. The highest BCUT2D eigenvalue weighted by atomic mass is 35.5. The number of carbonyl (C=O) groups excluding carboxylic acids is 1. The lowest BCUT2D eigenvalue weighted by atomic mass is 10.0. The number of nitrogens with zero attached hydrogens (tertiary/aromatic N) is 5. The van der Waals surface area contributed by atoms with Crippen molar-refractivity contribution in [1.29, 1.82) is 0 Å². The molecule has 1 N–H and O–H groups in total. The lowest BCUT2D eigenvalue weighted by Crippen LogP contribution is -2.51. The molecule has 0 aliphatic carbocycles. The minimum atomic E-state index is -1.04. The second-order valence-electron chi connectivity index (χ2n) is 7.37. The monoisotopic (exact) mass is 444 g/mol. The van der Waals surface area contributed by atoms with Crippen LogP contribution in [-0.4, -0.2) is 55.5 Å². The van der Waals surface area contributed by atoms with Gasteiger partial charge in [0.2, 0.25) is 11.4 Å². The number of halogens is 3. The van der Waals surface area contributed by atoms with Crippen molar-refractivity contribution in [2.45, 2.75) is 19.6 Å². The van der Waals surface area contributed by atoms with Crippen molar-refractivity contribution in [3.63, 3.8) is 0 Å². The Balaban J connectivity index is 1.68. The summed E-state index contributed by atoms with van der Waals surface area (Å²) in [5, 5.41) is 4.62. The summed E-state index contributed by atoms with van der Waals surface area (Å²) in [6.07, 6.45) is -1.04. The summed E-state index contributed by atoms with van der Waals surface area (Å²) in [6.45, 7) is 1.76. The summed E-state index contributed by atoms with van der Waals surface area (Å²) in [6, 6.07) is 5.61. The Morgan fingerprint density at radius 1 is 1.26 bits per heavy atom. The summed E-state index contributed by atoms with van der Waals surface area (Å²) < 4.78 is 29.2. The smallest absolute Gasteiger partial charge is 0.293 e. The van der Waals surface area contributed by atoms with Gasteiger partial charge in [-0.15, -0.1) is 5.10 Å². The van der Waals surface area contributed by atoms with Gasteiger partial charge in [0.1, 0.15) is 17.7 Å². The minimum absolute atomic E-state index is 0.00721. The highest BCUT2D eigenvalue weighted by molar-refractivity contribution is 6.36. The molecule has 0 bridgehead atoms. The highest BCUT2D eigenvalue weighted by Gasteiger charge is 2.34. The van der Waals surface area contributed by atoms with Gasteiger partial charge in [0.25, 0.3) is 5.91 Å². The van der Waals surface area contributed by atoms with Crippen LogP contribution in [0.4, 0.5) is 8.78 Å². The fourth-order valence-electron chi connectivity index (χ4n) is 3.60. The lowest BCUT2D eigenvalue weighted by molar-refractivity contribution is 0.0388. The van der Waals surface area contributed by atoms with Crippen molar-refractivity contribution >= 4 is 23.2 Å². The lowest BCUT2D eigenvalue weighted by Gasteiger charge is -2.33. The molecule has 8 nitrogen and oxygen atoms in total. The number of alkyl halides is 1. The summed E-state index contributed by atoms with van der Waals surface area (Å²) in [5.74, 6) is -0.890. The molecule has 4 heterocycles. The third-order valence-corrected chi connectivity index (χ3v) is 5.74. The Bertz CT molecular complexity index is 1330. The molecule has 0 unspecified atom stereocenters. The number of aromatic nitrogens is 4. The van der Waals surface area contributed by atoms with Gasteiger partial charge >= 0.3 is 0 Å². The van der Waals surface area contributed by atoms with E-state index in [0.717, 1.165) is 12.1 Å². The summed E-state index contributed by atoms with van der Waals surface area (Å²) >= 11 is 6.58. The number of hydrogen-bond donors (Lipinski definition) is 1. The number of aromatic amines is 1. The van der Waals surface area contributed by atoms with E-state index >= 15 is 0 Å². The van der Waals surface area contributed by atoms with E-state index in [4.69, 9.17) is 11.6 Å². The third-order valence-electron chi connectivity index (χ3n) is 5.25. The van der Waals surface area contributed by atoms with Gasteiger partial charge in [0.05, 0.1) is 36.1 Å². The predicted molar refractivity (Wildman–Crippen MR) is 108 cm³/mol. The molecular weight excluding hydrogens is 430 g/mol. The average Bonchev–Trinajstić information content (AvgIpc) is 3.08. The Labute approximate surface area is 179 Å². The molecule has 1 fully saturated rings. The number of benzene rings is 1. The van der Waals surface area contributed by atoms with Crippen LogP contribution in [0, 0.1) is 12.7 Å². The van der Waals surface area contributed by atoms with Crippen molar-refractivity contribution in [1.82, 2.24) is 24.6 Å². The number of amides is 1. The zero-order chi connectivity index (χ0) is 21.9. The second kappa shape index (κ2) is 7.09. The van der Waals surface area contributed by atoms with Gasteiger partial charge in [-0.05, 0) is 24.6 Å². The number of aryl methyl sites for hydroxylation is 1. The predicted octanol–water partition coefficient (Wildman–Crippen LogP) is 2.20. The SMILES string of the molecule is Cc1ccc2c(c1Cl)C(c1[nH]c(=O)ccc1F)=NCc1nc(C(=O)N3CC(F)C3)nn1-2. The molecule has 2 aromatic heterocycles. The minimum Gasteiger partial charge on any atom is -0.330 e. The van der Waals surface area contributed by atoms with Crippen LogP contribution in [0.15, 0.2) is 34.1 Å². The van der Waals surface area contributed by atoms with Crippen LogP contribution in [0.1, 0.15) is 33.3 Å². The van der Waals surface area contributed by atoms with Gasteiger partial charge in [-0.2, -0.15) is 0 Å². The van der Waals surface area contributed by atoms with Crippen molar-refractivity contribution < 1.29 is 13.6 Å². The normalized spacial score (nSPS) is 15.6. The standard InChI is InChI=1S/C20H15ClF2N6O2/c1-9-2-4-12-15(16(9)21)18(17-11(23)3-5-14(30)26-17)24-6-13-25-19(27-29(12)13)20(31)28-7-10(22)8-28/h2-5,10H,6-8H2,1H3,(H,26,30). The second-order valence-corrected chi connectivity index (χ2v) is 7.75. The highest BCUT2D eigenvalue weighted by Crippen LogP contribution is 2.32. The number of pyridine rings is 1. The van der Waals surface area contributed by atoms with E-state index in [2.05, 4.69) is 20.1 Å². The first-order chi connectivity index (χ1) is 14.8. The van der Waals surface area contributed by atoms with Crippen LogP contribution in [0.3, 0.4) is 0 Å². The Hall–Kier alpha value is -3.40. The Morgan fingerprint density at radius 2 is 2.03 bits per heavy atom. The van der Waals surface area contributed by atoms with Crippen LogP contribution in [0.5, 0.6) is 0 Å². The molecule has 3 aromatic rings. The van der Waals surface area contributed by atoms with E-state index < -0.39 is 23.5 Å². The number of carbonyl (C=O) groups is 1. The summed E-state index contributed by atoms with van der Waals surface area (Å²) in [5.41, 5.74) is 1.07. The van der Waals surface area contributed by atoms with Crippen LogP contribution in [0.25, 0.3) is 5.69 Å². The van der Waals surface area contributed by atoms with E-state index in [-0.39, 0.29) is 36.9 Å². The molecule has 1 amide bonds. The maximum Gasteiger partial charge on any atom is 0.293 e. The molecule has 2 aliphatic heterocycles. The number of fused-ring (bicyclic) bond motifs is 3. The number of likely N-dealkylation sites (tertiary alicyclic amines) is 1. The van der Waals surface area contributed by atoms with Crippen LogP contribution in [-0.2, 0) is 6.54 Å². The van der Waals surface area contributed by atoms with Crippen molar-refractivity contribution in [2.24, 2.45) is 4.99 Å². The Kier molecular flexibility index (Phi) is 4.47. The Morgan fingerprint density at radius 3 is 2.77 bits per heavy atom. The number of aliphatic imine (C=N–C) groups is 1. The van der Waals surface area contributed by atoms with Gasteiger partial charge in [-0.3, -0.25) is 14.6 Å². The molecule has 11 heteroatoms. The van der Waals surface area contributed by atoms with Gasteiger partial charge in [0.15, 0.2) is 5.82 Å². The molecule has 0 spiro atoms. The number of H-pyrrole nitrogens is 1. The number of hydrogen-bond acceptors (Lipinski definition) is 5. The first-order valence-electron chi connectivity index (χ1n) is 9.46. The molecule has 5 rings (SSSR count). The molecule has 0 saturated carbocycles.